The third-order valence-corrected chi connectivity index (χ3v) is 1.11. The first kappa shape index (κ1) is 10.3. The van der Waals surface area contributed by atoms with Crippen molar-refractivity contribution in [2.45, 2.75) is 24.9 Å². The molecule has 0 amide bonds. The fraction of sp³-hybridized carbons (Fsp3) is 0.800. The van der Waals surface area contributed by atoms with E-state index in [1.165, 1.54) is 0 Å². The van der Waals surface area contributed by atoms with E-state index >= 15 is 0 Å². The molecule has 66 valence electrons. The molecule has 0 aliphatic heterocycles. The van der Waals surface area contributed by atoms with Crippen LogP contribution in [-0.2, 0) is 4.79 Å². The van der Waals surface area contributed by atoms with E-state index in [0.29, 0.717) is 0 Å². The molecular formula is C5H11NO5. The maximum Gasteiger partial charge on any atom is 0.320 e. The number of carboxylic acid groups (broad SMARTS) is 1. The Hall–Kier alpha value is -0.690. The Kier molecular flexibility index (Phi) is 3.40. The number of aliphatic carboxylic acids is 1. The second-order valence-electron chi connectivity index (χ2n) is 2.26. The van der Waals surface area contributed by atoms with Gasteiger partial charge >= 0.3 is 5.97 Å². The Morgan fingerprint density at radius 1 is 1.45 bits per heavy atom. The van der Waals surface area contributed by atoms with Gasteiger partial charge in [-0.15, -0.1) is 0 Å². The summed E-state index contributed by atoms with van der Waals surface area (Å²) in [6.45, 7) is 0. The number of nitrogens with two attached hydrogens (primary N) is 1. The zero-order valence-electron chi connectivity index (χ0n) is 5.77. The highest BCUT2D eigenvalue weighted by atomic mass is 16.7. The molecule has 0 spiro atoms. The van der Waals surface area contributed by atoms with Gasteiger partial charge in [-0.05, 0) is 6.42 Å². The molecule has 6 N–H and O–H groups in total. The fourth-order valence-electron chi connectivity index (χ4n) is 0.473. The Morgan fingerprint density at radius 2 is 1.91 bits per heavy atom. The summed E-state index contributed by atoms with van der Waals surface area (Å²) in [5, 5.41) is 33.1. The van der Waals surface area contributed by atoms with E-state index < -0.39 is 24.4 Å². The van der Waals surface area contributed by atoms with Crippen molar-refractivity contribution < 1.29 is 25.2 Å². The first-order valence-electron chi connectivity index (χ1n) is 2.98. The molecule has 0 aliphatic carbocycles. The highest BCUT2D eigenvalue weighted by molar-refractivity contribution is 5.72. The molecule has 11 heavy (non-hydrogen) atoms. The molecule has 0 fully saturated rings. The van der Waals surface area contributed by atoms with E-state index in [1.807, 2.05) is 0 Å². The largest absolute Gasteiger partial charge is 0.480 e. The zero-order valence-corrected chi connectivity index (χ0v) is 5.77. The summed E-state index contributed by atoms with van der Waals surface area (Å²) < 4.78 is 0. The van der Waals surface area contributed by atoms with Crippen LogP contribution in [0, 0.1) is 0 Å². The summed E-state index contributed by atoms with van der Waals surface area (Å²) >= 11 is 0. The Labute approximate surface area is 62.9 Å². The highest BCUT2D eigenvalue weighted by Crippen LogP contribution is 2.05. The van der Waals surface area contributed by atoms with Gasteiger partial charge in [-0.3, -0.25) is 4.79 Å². The minimum Gasteiger partial charge on any atom is -0.480 e. The third-order valence-electron chi connectivity index (χ3n) is 1.11. The van der Waals surface area contributed by atoms with Gasteiger partial charge in [0, 0.05) is 6.42 Å². The molecule has 1 unspecified atom stereocenters. The van der Waals surface area contributed by atoms with E-state index in [0.717, 1.165) is 0 Å². The van der Waals surface area contributed by atoms with Gasteiger partial charge in [0.15, 0.2) is 0 Å². The lowest BCUT2D eigenvalue weighted by atomic mass is 10.1. The molecule has 0 heterocycles. The van der Waals surface area contributed by atoms with Crippen molar-refractivity contribution in [2.24, 2.45) is 5.73 Å². The molecule has 0 aromatic heterocycles. The zero-order chi connectivity index (χ0) is 9.07. The molecule has 0 rings (SSSR count). The molecule has 6 nitrogen and oxygen atoms in total. The Balaban J connectivity index is 3.63. The average molecular weight is 165 g/mol. The Bertz CT molecular complexity index is 140. The molecular weight excluding hydrogens is 154 g/mol. The summed E-state index contributed by atoms with van der Waals surface area (Å²) in [6.07, 6.45) is -0.681. The van der Waals surface area contributed by atoms with Crippen molar-refractivity contribution in [3.8, 4) is 0 Å². The van der Waals surface area contributed by atoms with Crippen LogP contribution in [0.5, 0.6) is 0 Å². The van der Waals surface area contributed by atoms with Crippen LogP contribution in [0.4, 0.5) is 0 Å². The van der Waals surface area contributed by atoms with Crippen LogP contribution in [-0.4, -0.2) is 38.4 Å². The second kappa shape index (κ2) is 3.63. The van der Waals surface area contributed by atoms with Crippen molar-refractivity contribution in [3.05, 3.63) is 0 Å². The van der Waals surface area contributed by atoms with Crippen LogP contribution >= 0.6 is 0 Å². The monoisotopic (exact) mass is 165 g/mol. The van der Waals surface area contributed by atoms with E-state index in [2.05, 4.69) is 0 Å². The summed E-state index contributed by atoms with van der Waals surface area (Å²) in [5.74, 6) is -4.07. The van der Waals surface area contributed by atoms with Crippen LogP contribution in [0.1, 0.15) is 12.8 Å². The molecule has 0 aromatic carbocycles. The topological polar surface area (TPSA) is 124 Å². The number of aliphatic hydroxyl groups is 3. The van der Waals surface area contributed by atoms with Crippen molar-refractivity contribution >= 4 is 5.97 Å². The predicted molar refractivity (Wildman–Crippen MR) is 34.2 cm³/mol. The minimum atomic E-state index is -2.83. The van der Waals surface area contributed by atoms with Crippen LogP contribution in [0.2, 0.25) is 0 Å². The fourth-order valence-corrected chi connectivity index (χ4v) is 0.473. The van der Waals surface area contributed by atoms with Gasteiger partial charge in [-0.1, -0.05) is 0 Å². The van der Waals surface area contributed by atoms with Gasteiger partial charge < -0.3 is 26.2 Å². The van der Waals surface area contributed by atoms with Crippen LogP contribution < -0.4 is 5.73 Å². The summed E-state index contributed by atoms with van der Waals surface area (Å²) in [4.78, 5) is 10.0. The van der Waals surface area contributed by atoms with Crippen molar-refractivity contribution in [3.63, 3.8) is 0 Å². The SMILES string of the molecule is NC(CCC(O)(O)O)C(=O)O. The quantitative estimate of drug-likeness (QED) is 0.301. The third kappa shape index (κ3) is 5.74. The summed E-state index contributed by atoms with van der Waals surface area (Å²) in [5.41, 5.74) is 4.99. The number of carboxylic acids is 1. The lowest BCUT2D eigenvalue weighted by molar-refractivity contribution is -0.315. The standard InChI is InChI=1S/C5H11NO5/c6-3(4(7)8)1-2-5(9,10)11/h3,9-11H,1-2,6H2,(H,7,8). The van der Waals surface area contributed by atoms with Gasteiger partial charge in [0.25, 0.3) is 5.97 Å². The maximum atomic E-state index is 10.0. The van der Waals surface area contributed by atoms with Crippen molar-refractivity contribution in [1.29, 1.82) is 0 Å². The predicted octanol–water partition coefficient (Wildman–Crippen LogP) is -2.19. The molecule has 0 saturated carbocycles. The van der Waals surface area contributed by atoms with E-state index in [4.69, 9.17) is 26.2 Å². The van der Waals surface area contributed by atoms with E-state index in [1.54, 1.807) is 0 Å². The lowest BCUT2D eigenvalue weighted by Crippen LogP contribution is -2.35. The van der Waals surface area contributed by atoms with E-state index in [9.17, 15) is 4.79 Å². The summed E-state index contributed by atoms with van der Waals surface area (Å²) in [6, 6.07) is -1.18. The minimum absolute atomic E-state index is 0.196. The van der Waals surface area contributed by atoms with Crippen LogP contribution in [0.3, 0.4) is 0 Å². The average Bonchev–Trinajstić information content (AvgIpc) is 1.80. The number of hydrogen-bond donors (Lipinski definition) is 5. The highest BCUT2D eigenvalue weighted by Gasteiger charge is 2.21. The normalized spacial score (nSPS) is 14.5. The maximum absolute atomic E-state index is 10.0. The molecule has 0 bridgehead atoms. The van der Waals surface area contributed by atoms with Gasteiger partial charge in [-0.25, -0.2) is 0 Å². The molecule has 0 aliphatic rings. The van der Waals surface area contributed by atoms with Crippen molar-refractivity contribution in [2.75, 3.05) is 0 Å². The van der Waals surface area contributed by atoms with Crippen molar-refractivity contribution in [1.82, 2.24) is 0 Å². The molecule has 0 saturated heterocycles. The lowest BCUT2D eigenvalue weighted by Gasteiger charge is -2.14. The van der Waals surface area contributed by atoms with E-state index in [-0.39, 0.29) is 6.42 Å². The smallest absolute Gasteiger partial charge is 0.320 e. The van der Waals surface area contributed by atoms with Gasteiger partial charge in [0.05, 0.1) is 0 Å². The second-order valence-corrected chi connectivity index (χ2v) is 2.26. The Morgan fingerprint density at radius 3 is 2.18 bits per heavy atom. The molecule has 1 atom stereocenters. The molecule has 0 aromatic rings. The van der Waals surface area contributed by atoms with Gasteiger partial charge in [0.1, 0.15) is 6.04 Å². The number of hydrogen-bond acceptors (Lipinski definition) is 5. The van der Waals surface area contributed by atoms with Crippen LogP contribution in [0.25, 0.3) is 0 Å². The van der Waals surface area contributed by atoms with Gasteiger partial charge in [0.2, 0.25) is 0 Å². The summed E-state index contributed by atoms with van der Waals surface area (Å²) in [7, 11) is 0. The van der Waals surface area contributed by atoms with Crippen LogP contribution in [0.15, 0.2) is 0 Å². The number of rotatable bonds is 4. The molecule has 0 radical (unpaired) electrons. The molecule has 6 heteroatoms. The first-order chi connectivity index (χ1) is 4.83. The number of carbonyl (C=O) groups is 1. The first-order valence-corrected chi connectivity index (χ1v) is 2.98. The van der Waals surface area contributed by atoms with Gasteiger partial charge in [-0.2, -0.15) is 0 Å².